The van der Waals surface area contributed by atoms with E-state index in [9.17, 15) is 4.79 Å². The Hall–Kier alpha value is -0.570. The van der Waals surface area contributed by atoms with Gasteiger partial charge in [0, 0.05) is 13.7 Å². The first-order valence-corrected chi connectivity index (χ1v) is 5.57. The summed E-state index contributed by atoms with van der Waals surface area (Å²) in [5.41, 5.74) is 0.0107. The number of amides is 1. The van der Waals surface area contributed by atoms with Crippen LogP contribution >= 0.6 is 0 Å². The van der Waals surface area contributed by atoms with Crippen LogP contribution in [0.15, 0.2) is 0 Å². The Morgan fingerprint density at radius 1 is 1.29 bits per heavy atom. The highest BCUT2D eigenvalue weighted by Gasteiger charge is 2.46. The van der Waals surface area contributed by atoms with Crippen molar-refractivity contribution in [2.45, 2.75) is 38.5 Å². The summed E-state index contributed by atoms with van der Waals surface area (Å²) in [6.45, 7) is 1.37. The van der Waals surface area contributed by atoms with E-state index in [-0.39, 0.29) is 5.41 Å². The van der Waals surface area contributed by atoms with E-state index in [1.807, 2.05) is 4.90 Å². The number of carbonyl (C=O) groups excluding carboxylic acids is 1. The van der Waals surface area contributed by atoms with Crippen molar-refractivity contribution in [1.82, 2.24) is 4.90 Å². The Bertz CT molecular complexity index is 221. The molecule has 0 aromatic carbocycles. The molecule has 1 aliphatic carbocycles. The summed E-state index contributed by atoms with van der Waals surface area (Å²) < 4.78 is 5.04. The number of likely N-dealkylation sites (tertiary alicyclic amines) is 1. The third-order valence-electron chi connectivity index (χ3n) is 3.70. The molecule has 0 atom stereocenters. The summed E-state index contributed by atoms with van der Waals surface area (Å²) in [5.74, 6) is 0.346. The molecular weight excluding hydrogens is 178 g/mol. The number of rotatable bonds is 2. The molecule has 0 aromatic rings. The van der Waals surface area contributed by atoms with Crippen LogP contribution in [-0.2, 0) is 9.53 Å². The van der Waals surface area contributed by atoms with Gasteiger partial charge >= 0.3 is 0 Å². The summed E-state index contributed by atoms with van der Waals surface area (Å²) in [7, 11) is 1.65. The Labute approximate surface area is 85.4 Å². The van der Waals surface area contributed by atoms with Crippen LogP contribution in [0.1, 0.15) is 38.5 Å². The highest BCUT2D eigenvalue weighted by atomic mass is 16.5. The van der Waals surface area contributed by atoms with Crippen molar-refractivity contribution in [3.63, 3.8) is 0 Å². The minimum Gasteiger partial charge on any atom is -0.364 e. The van der Waals surface area contributed by atoms with Crippen LogP contribution in [0.2, 0.25) is 0 Å². The number of nitrogens with zero attached hydrogens (tertiary/aromatic N) is 1. The molecule has 1 saturated carbocycles. The van der Waals surface area contributed by atoms with Gasteiger partial charge < -0.3 is 9.64 Å². The largest absolute Gasteiger partial charge is 0.364 e. The molecule has 1 heterocycles. The fourth-order valence-electron chi connectivity index (χ4n) is 2.86. The summed E-state index contributed by atoms with van der Waals surface area (Å²) in [6.07, 6.45) is 7.02. The molecule has 14 heavy (non-hydrogen) atoms. The van der Waals surface area contributed by atoms with Crippen LogP contribution in [0.4, 0.5) is 0 Å². The molecule has 2 rings (SSSR count). The van der Waals surface area contributed by atoms with Crippen LogP contribution in [-0.4, -0.2) is 31.2 Å². The highest BCUT2D eigenvalue weighted by molar-refractivity contribution is 5.84. The van der Waals surface area contributed by atoms with Crippen LogP contribution < -0.4 is 0 Å². The molecule has 1 saturated heterocycles. The van der Waals surface area contributed by atoms with Gasteiger partial charge in [0.05, 0.1) is 5.41 Å². The molecule has 80 valence electrons. The van der Waals surface area contributed by atoms with Crippen molar-refractivity contribution in [1.29, 1.82) is 0 Å². The number of hydrogen-bond acceptors (Lipinski definition) is 2. The molecule has 1 amide bonds. The van der Waals surface area contributed by atoms with Gasteiger partial charge in [-0.25, -0.2) is 0 Å². The average molecular weight is 197 g/mol. The first-order chi connectivity index (χ1) is 6.78. The second kappa shape index (κ2) is 3.89. The van der Waals surface area contributed by atoms with Gasteiger partial charge in [-0.15, -0.1) is 0 Å². The maximum Gasteiger partial charge on any atom is 0.230 e. The predicted molar refractivity (Wildman–Crippen MR) is 53.7 cm³/mol. The fraction of sp³-hybridized carbons (Fsp3) is 0.909. The number of ether oxygens (including phenoxy) is 1. The molecule has 2 aliphatic rings. The van der Waals surface area contributed by atoms with E-state index in [1.165, 1.54) is 19.3 Å². The van der Waals surface area contributed by atoms with Crippen molar-refractivity contribution in [2.75, 3.05) is 20.4 Å². The zero-order valence-electron chi connectivity index (χ0n) is 8.92. The molecule has 0 bridgehead atoms. The van der Waals surface area contributed by atoms with E-state index in [1.54, 1.807) is 7.11 Å². The smallest absolute Gasteiger partial charge is 0.230 e. The second-order valence-corrected chi connectivity index (χ2v) is 4.58. The number of hydrogen-bond donors (Lipinski definition) is 0. The van der Waals surface area contributed by atoms with E-state index in [4.69, 9.17) is 4.74 Å². The molecule has 0 unspecified atom stereocenters. The topological polar surface area (TPSA) is 29.5 Å². The zero-order valence-corrected chi connectivity index (χ0v) is 8.92. The molecule has 3 nitrogen and oxygen atoms in total. The van der Waals surface area contributed by atoms with Crippen molar-refractivity contribution in [2.24, 2.45) is 5.41 Å². The lowest BCUT2D eigenvalue weighted by molar-refractivity contribution is -0.141. The minimum absolute atomic E-state index is 0.0107. The van der Waals surface area contributed by atoms with Crippen molar-refractivity contribution >= 4 is 5.91 Å². The van der Waals surface area contributed by atoms with Gasteiger partial charge in [-0.2, -0.15) is 0 Å². The summed E-state index contributed by atoms with van der Waals surface area (Å²) in [6, 6.07) is 0. The Kier molecular flexibility index (Phi) is 2.77. The van der Waals surface area contributed by atoms with Gasteiger partial charge in [0.15, 0.2) is 0 Å². The van der Waals surface area contributed by atoms with Crippen LogP contribution in [0.25, 0.3) is 0 Å². The Morgan fingerprint density at radius 3 is 2.64 bits per heavy atom. The van der Waals surface area contributed by atoms with Gasteiger partial charge in [-0.3, -0.25) is 4.79 Å². The molecule has 2 fully saturated rings. The third kappa shape index (κ3) is 1.54. The molecule has 0 radical (unpaired) electrons. The van der Waals surface area contributed by atoms with Crippen molar-refractivity contribution in [3.05, 3.63) is 0 Å². The van der Waals surface area contributed by atoms with E-state index in [2.05, 4.69) is 0 Å². The van der Waals surface area contributed by atoms with E-state index < -0.39 is 0 Å². The molecule has 0 aromatic heterocycles. The predicted octanol–water partition coefficient (Wildman–Crippen LogP) is 1.77. The first kappa shape index (κ1) is 9.97. The summed E-state index contributed by atoms with van der Waals surface area (Å²) in [4.78, 5) is 14.0. The molecular formula is C11H19NO2. The third-order valence-corrected chi connectivity index (χ3v) is 3.70. The van der Waals surface area contributed by atoms with E-state index in [0.29, 0.717) is 12.6 Å². The average Bonchev–Trinajstić information content (AvgIpc) is 2.50. The van der Waals surface area contributed by atoms with Gasteiger partial charge in [-0.05, 0) is 19.3 Å². The maximum absolute atomic E-state index is 12.1. The van der Waals surface area contributed by atoms with E-state index >= 15 is 0 Å². The molecule has 0 N–H and O–H groups in total. The molecule has 1 aliphatic heterocycles. The summed E-state index contributed by atoms with van der Waals surface area (Å²) in [5, 5.41) is 0. The molecule has 1 spiro atoms. The number of methoxy groups -OCH3 is 1. The second-order valence-electron chi connectivity index (χ2n) is 4.58. The van der Waals surface area contributed by atoms with Gasteiger partial charge in [0.1, 0.15) is 6.73 Å². The van der Waals surface area contributed by atoms with Crippen LogP contribution in [0.5, 0.6) is 0 Å². The van der Waals surface area contributed by atoms with Crippen molar-refractivity contribution in [3.8, 4) is 0 Å². The lowest BCUT2D eigenvalue weighted by Crippen LogP contribution is -2.36. The Balaban J connectivity index is 2.04. The zero-order chi connectivity index (χ0) is 10.0. The lowest BCUT2D eigenvalue weighted by atomic mass is 9.73. The normalized spacial score (nSPS) is 26.1. The number of carbonyl (C=O) groups is 1. The van der Waals surface area contributed by atoms with Gasteiger partial charge in [0.25, 0.3) is 0 Å². The summed E-state index contributed by atoms with van der Waals surface area (Å²) >= 11 is 0. The van der Waals surface area contributed by atoms with Crippen LogP contribution in [0, 0.1) is 5.41 Å². The standard InChI is InChI=1S/C11H19NO2/c1-14-9-12-8-7-11(10(12)13)5-3-2-4-6-11/h2-9H2,1H3. The minimum atomic E-state index is 0.0107. The fourth-order valence-corrected chi connectivity index (χ4v) is 2.86. The monoisotopic (exact) mass is 197 g/mol. The Morgan fingerprint density at radius 2 is 2.00 bits per heavy atom. The molecule has 3 heteroatoms. The van der Waals surface area contributed by atoms with E-state index in [0.717, 1.165) is 25.8 Å². The van der Waals surface area contributed by atoms with Crippen molar-refractivity contribution < 1.29 is 9.53 Å². The quantitative estimate of drug-likeness (QED) is 0.675. The van der Waals surface area contributed by atoms with Crippen LogP contribution in [0.3, 0.4) is 0 Å². The SMILES string of the molecule is COCN1CCC2(CCCCC2)C1=O. The maximum atomic E-state index is 12.1. The first-order valence-electron chi connectivity index (χ1n) is 5.57. The van der Waals surface area contributed by atoms with Gasteiger partial charge in [-0.1, -0.05) is 19.3 Å². The lowest BCUT2D eigenvalue weighted by Gasteiger charge is -2.31. The van der Waals surface area contributed by atoms with Gasteiger partial charge in [0.2, 0.25) is 5.91 Å². The highest BCUT2D eigenvalue weighted by Crippen LogP contribution is 2.44.